The minimum atomic E-state index is -0.664. The van der Waals surface area contributed by atoms with Gasteiger partial charge in [-0.1, -0.05) is 12.1 Å². The van der Waals surface area contributed by atoms with Gasteiger partial charge >= 0.3 is 5.97 Å². The number of nitrogens with one attached hydrogen (secondary N) is 1. The highest BCUT2D eigenvalue weighted by molar-refractivity contribution is 5.91. The maximum atomic E-state index is 11.9. The smallest absolute Gasteiger partial charge is 0.338 e. The van der Waals surface area contributed by atoms with Crippen LogP contribution in [0.15, 0.2) is 42.5 Å². The van der Waals surface area contributed by atoms with Crippen LogP contribution in [0.4, 0.5) is 0 Å². The number of nitriles is 1. The van der Waals surface area contributed by atoms with Crippen LogP contribution in [-0.2, 0) is 16.1 Å². The molecule has 1 N–H and O–H groups in total. The van der Waals surface area contributed by atoms with Crippen molar-refractivity contribution in [3.05, 3.63) is 59.2 Å². The van der Waals surface area contributed by atoms with Gasteiger partial charge in [-0.2, -0.15) is 5.26 Å². The number of rotatable bonds is 7. The average molecular weight is 354 g/mol. The van der Waals surface area contributed by atoms with E-state index in [1.165, 1.54) is 19.2 Å². The van der Waals surface area contributed by atoms with Gasteiger partial charge in [0.1, 0.15) is 0 Å². The van der Waals surface area contributed by atoms with Crippen LogP contribution in [-0.4, -0.2) is 32.7 Å². The summed E-state index contributed by atoms with van der Waals surface area (Å²) in [6.45, 7) is -0.163. The third-order valence-corrected chi connectivity index (χ3v) is 3.50. The molecule has 0 heterocycles. The van der Waals surface area contributed by atoms with E-state index in [1.54, 1.807) is 37.4 Å². The zero-order valence-electron chi connectivity index (χ0n) is 14.4. The van der Waals surface area contributed by atoms with E-state index in [0.29, 0.717) is 17.1 Å². The second-order valence-electron chi connectivity index (χ2n) is 5.23. The highest BCUT2D eigenvalue weighted by atomic mass is 16.5. The molecule has 2 aromatic rings. The lowest BCUT2D eigenvalue weighted by atomic mass is 10.1. The van der Waals surface area contributed by atoms with Crippen molar-refractivity contribution in [2.75, 3.05) is 20.8 Å². The largest absolute Gasteiger partial charge is 0.493 e. The van der Waals surface area contributed by atoms with Crippen LogP contribution >= 0.6 is 0 Å². The second-order valence-corrected chi connectivity index (χ2v) is 5.23. The molecular formula is C19H18N2O5. The van der Waals surface area contributed by atoms with Crippen LogP contribution in [0.25, 0.3) is 0 Å². The van der Waals surface area contributed by atoms with Gasteiger partial charge in [0.2, 0.25) is 0 Å². The van der Waals surface area contributed by atoms with Gasteiger partial charge in [-0.15, -0.1) is 0 Å². The van der Waals surface area contributed by atoms with Gasteiger partial charge in [-0.3, -0.25) is 4.79 Å². The Morgan fingerprint density at radius 3 is 2.54 bits per heavy atom. The summed E-state index contributed by atoms with van der Waals surface area (Å²) in [7, 11) is 3.07. The normalized spacial score (nSPS) is 9.73. The van der Waals surface area contributed by atoms with E-state index < -0.39 is 18.5 Å². The molecular weight excluding hydrogens is 336 g/mol. The van der Waals surface area contributed by atoms with Crippen LogP contribution in [0.3, 0.4) is 0 Å². The molecule has 2 aromatic carbocycles. The van der Waals surface area contributed by atoms with E-state index in [0.717, 1.165) is 5.56 Å². The number of ether oxygens (including phenoxy) is 3. The summed E-state index contributed by atoms with van der Waals surface area (Å²) in [5.41, 5.74) is 1.37. The fourth-order valence-electron chi connectivity index (χ4n) is 2.17. The Kier molecular flexibility index (Phi) is 6.57. The van der Waals surface area contributed by atoms with Gasteiger partial charge in [0.15, 0.2) is 18.1 Å². The first-order chi connectivity index (χ1) is 12.6. The number of hydrogen-bond acceptors (Lipinski definition) is 6. The number of benzene rings is 2. The standard InChI is InChI=1S/C19H18N2O5/c1-24-16-7-6-14(9-17(16)25-2)11-21-18(22)12-26-19(23)15-5-3-4-13(8-15)10-20/h3-9H,11-12H2,1-2H3,(H,21,22). The van der Waals surface area contributed by atoms with Crippen LogP contribution < -0.4 is 14.8 Å². The number of hydrogen-bond donors (Lipinski definition) is 1. The summed E-state index contributed by atoms with van der Waals surface area (Å²) in [5.74, 6) is 0.0482. The molecule has 0 saturated heterocycles. The van der Waals surface area contributed by atoms with Gasteiger partial charge in [0.25, 0.3) is 5.91 Å². The van der Waals surface area contributed by atoms with Crippen molar-refractivity contribution in [3.63, 3.8) is 0 Å². The van der Waals surface area contributed by atoms with Crippen molar-refractivity contribution in [1.82, 2.24) is 5.32 Å². The van der Waals surface area contributed by atoms with Crippen LogP contribution in [0.2, 0.25) is 0 Å². The van der Waals surface area contributed by atoms with Crippen LogP contribution in [0.5, 0.6) is 11.5 Å². The summed E-state index contributed by atoms with van der Waals surface area (Å²) in [5, 5.41) is 11.5. The van der Waals surface area contributed by atoms with E-state index in [2.05, 4.69) is 5.32 Å². The van der Waals surface area contributed by atoms with E-state index in [-0.39, 0.29) is 12.1 Å². The average Bonchev–Trinajstić information content (AvgIpc) is 2.70. The molecule has 2 rings (SSSR count). The lowest BCUT2D eigenvalue weighted by Crippen LogP contribution is -2.28. The van der Waals surface area contributed by atoms with Crippen molar-refractivity contribution in [2.24, 2.45) is 0 Å². The lowest BCUT2D eigenvalue weighted by Gasteiger charge is -2.10. The number of amides is 1. The first kappa shape index (κ1) is 18.8. The van der Waals surface area contributed by atoms with E-state index in [9.17, 15) is 9.59 Å². The molecule has 0 saturated carbocycles. The van der Waals surface area contributed by atoms with Crippen molar-refractivity contribution >= 4 is 11.9 Å². The SMILES string of the molecule is COc1ccc(CNC(=O)COC(=O)c2cccc(C#N)c2)cc1OC. The molecule has 134 valence electrons. The Balaban J connectivity index is 1.85. The Hall–Kier alpha value is -3.53. The zero-order valence-corrected chi connectivity index (χ0v) is 14.4. The molecule has 0 aliphatic heterocycles. The van der Waals surface area contributed by atoms with Gasteiger partial charge in [0, 0.05) is 6.54 Å². The van der Waals surface area contributed by atoms with Gasteiger partial charge in [-0.25, -0.2) is 4.79 Å². The maximum absolute atomic E-state index is 11.9. The number of carbonyl (C=O) groups excluding carboxylic acids is 2. The summed E-state index contributed by atoms with van der Waals surface area (Å²) in [6.07, 6.45) is 0. The first-order valence-corrected chi connectivity index (χ1v) is 7.72. The van der Waals surface area contributed by atoms with Crippen molar-refractivity contribution in [3.8, 4) is 17.6 Å². The van der Waals surface area contributed by atoms with Crippen LogP contribution in [0, 0.1) is 11.3 Å². The Morgan fingerprint density at radius 2 is 1.85 bits per heavy atom. The predicted octanol–water partition coefficient (Wildman–Crippen LogP) is 2.05. The quantitative estimate of drug-likeness (QED) is 0.764. The van der Waals surface area contributed by atoms with Gasteiger partial charge in [0.05, 0.1) is 31.4 Å². The minimum absolute atomic E-state index is 0.219. The molecule has 0 bridgehead atoms. The summed E-state index contributed by atoms with van der Waals surface area (Å²) >= 11 is 0. The van der Waals surface area contributed by atoms with Crippen molar-refractivity contribution in [2.45, 2.75) is 6.54 Å². The molecule has 1 amide bonds. The monoisotopic (exact) mass is 354 g/mol. The molecule has 0 fully saturated rings. The fraction of sp³-hybridized carbons (Fsp3) is 0.211. The number of carbonyl (C=O) groups is 2. The molecule has 0 radical (unpaired) electrons. The number of methoxy groups -OCH3 is 2. The zero-order chi connectivity index (χ0) is 18.9. The number of esters is 1. The molecule has 26 heavy (non-hydrogen) atoms. The summed E-state index contributed by atoms with van der Waals surface area (Å²) < 4.78 is 15.3. The van der Waals surface area contributed by atoms with E-state index >= 15 is 0 Å². The molecule has 0 spiro atoms. The fourth-order valence-corrected chi connectivity index (χ4v) is 2.17. The molecule has 7 heteroatoms. The van der Waals surface area contributed by atoms with E-state index in [4.69, 9.17) is 19.5 Å². The highest BCUT2D eigenvalue weighted by Crippen LogP contribution is 2.27. The minimum Gasteiger partial charge on any atom is -0.493 e. The molecule has 0 aromatic heterocycles. The molecule has 0 aliphatic rings. The van der Waals surface area contributed by atoms with Crippen molar-refractivity contribution in [1.29, 1.82) is 5.26 Å². The first-order valence-electron chi connectivity index (χ1n) is 7.72. The number of nitrogens with zero attached hydrogens (tertiary/aromatic N) is 1. The van der Waals surface area contributed by atoms with E-state index in [1.807, 2.05) is 6.07 Å². The highest BCUT2D eigenvalue weighted by Gasteiger charge is 2.11. The molecule has 0 aliphatic carbocycles. The Morgan fingerprint density at radius 1 is 1.08 bits per heavy atom. The van der Waals surface area contributed by atoms with Gasteiger partial charge in [-0.05, 0) is 35.9 Å². The third kappa shape index (κ3) is 4.98. The lowest BCUT2D eigenvalue weighted by molar-refractivity contribution is -0.124. The molecule has 7 nitrogen and oxygen atoms in total. The van der Waals surface area contributed by atoms with Crippen molar-refractivity contribution < 1.29 is 23.8 Å². The van der Waals surface area contributed by atoms with Gasteiger partial charge < -0.3 is 19.5 Å². The topological polar surface area (TPSA) is 97.6 Å². The summed E-state index contributed by atoms with van der Waals surface area (Å²) in [6, 6.07) is 13.3. The van der Waals surface area contributed by atoms with Crippen LogP contribution in [0.1, 0.15) is 21.5 Å². The Labute approximate surface area is 151 Å². The Bertz CT molecular complexity index is 842. The molecule has 0 atom stereocenters. The second kappa shape index (κ2) is 9.08. The molecule has 0 unspecified atom stereocenters. The third-order valence-electron chi connectivity index (χ3n) is 3.50. The predicted molar refractivity (Wildman–Crippen MR) is 92.8 cm³/mol. The maximum Gasteiger partial charge on any atom is 0.338 e. The summed E-state index contributed by atoms with van der Waals surface area (Å²) in [4.78, 5) is 23.8.